The number of ether oxygens (including phenoxy) is 1. The van der Waals surface area contributed by atoms with Crippen molar-refractivity contribution in [3.05, 3.63) is 29.3 Å². The fourth-order valence-electron chi connectivity index (χ4n) is 3.03. The van der Waals surface area contributed by atoms with Gasteiger partial charge in [0.15, 0.2) is 5.78 Å². The predicted octanol–water partition coefficient (Wildman–Crippen LogP) is 0.933. The zero-order chi connectivity index (χ0) is 16.1. The summed E-state index contributed by atoms with van der Waals surface area (Å²) in [7, 11) is 0. The molecule has 6 heteroatoms. The number of benzene rings is 1. The van der Waals surface area contributed by atoms with Gasteiger partial charge in [-0.15, -0.1) is 0 Å². The molecule has 22 heavy (non-hydrogen) atoms. The molecular formula is C16H16N2O4. The van der Waals surface area contributed by atoms with Crippen LogP contribution >= 0.6 is 0 Å². The summed E-state index contributed by atoms with van der Waals surface area (Å²) in [6.45, 7) is 3.44. The molecule has 0 bridgehead atoms. The van der Waals surface area contributed by atoms with Crippen LogP contribution < -0.4 is 4.74 Å². The van der Waals surface area contributed by atoms with Crippen molar-refractivity contribution in [1.29, 1.82) is 5.26 Å². The summed E-state index contributed by atoms with van der Waals surface area (Å²) in [4.78, 5) is 25.1. The second kappa shape index (κ2) is 4.82. The van der Waals surface area contributed by atoms with Gasteiger partial charge in [0.25, 0.3) is 0 Å². The van der Waals surface area contributed by atoms with Crippen molar-refractivity contribution in [1.82, 2.24) is 4.90 Å². The van der Waals surface area contributed by atoms with Gasteiger partial charge in [-0.25, -0.2) is 0 Å². The molecule has 0 aromatic heterocycles. The van der Waals surface area contributed by atoms with E-state index in [0.717, 1.165) is 0 Å². The van der Waals surface area contributed by atoms with Crippen LogP contribution in [0.25, 0.3) is 0 Å². The van der Waals surface area contributed by atoms with Crippen molar-refractivity contribution in [3.8, 4) is 11.8 Å². The summed E-state index contributed by atoms with van der Waals surface area (Å²) in [5, 5.41) is 19.7. The summed E-state index contributed by atoms with van der Waals surface area (Å²) in [6, 6.07) is 6.24. The molecule has 1 fully saturated rings. The quantitative estimate of drug-likeness (QED) is 0.779. The lowest BCUT2D eigenvalue weighted by molar-refractivity contribution is -0.139. The zero-order valence-corrected chi connectivity index (χ0v) is 12.4. The number of carbonyl (C=O) groups excluding carboxylic acids is 2. The van der Waals surface area contributed by atoms with Gasteiger partial charge in [0, 0.05) is 5.56 Å². The Hall–Kier alpha value is -2.39. The van der Waals surface area contributed by atoms with Gasteiger partial charge < -0.3 is 14.7 Å². The first-order valence-electron chi connectivity index (χ1n) is 7.06. The molecule has 0 unspecified atom stereocenters. The lowest BCUT2D eigenvalue weighted by Gasteiger charge is -2.45. The number of hydrogen-bond acceptors (Lipinski definition) is 5. The van der Waals surface area contributed by atoms with E-state index in [4.69, 9.17) is 10.00 Å². The minimum absolute atomic E-state index is 0.0210. The Kier molecular flexibility index (Phi) is 3.18. The second-order valence-electron chi connectivity index (χ2n) is 6.20. The maximum Gasteiger partial charge on any atom is 0.231 e. The Labute approximate surface area is 127 Å². The van der Waals surface area contributed by atoms with Gasteiger partial charge in [-0.05, 0) is 32.0 Å². The molecule has 2 aliphatic heterocycles. The van der Waals surface area contributed by atoms with Gasteiger partial charge in [0.1, 0.15) is 17.5 Å². The molecule has 3 rings (SSSR count). The third-order valence-corrected chi connectivity index (χ3v) is 4.19. The average molecular weight is 300 g/mol. The summed E-state index contributed by atoms with van der Waals surface area (Å²) >= 11 is 0. The van der Waals surface area contributed by atoms with Gasteiger partial charge >= 0.3 is 0 Å². The third kappa shape index (κ3) is 2.14. The Balaban J connectivity index is 2.13. The van der Waals surface area contributed by atoms with Crippen LogP contribution in [0.4, 0.5) is 0 Å². The number of nitrogens with zero attached hydrogens (tertiary/aromatic N) is 2. The van der Waals surface area contributed by atoms with Gasteiger partial charge in [-0.3, -0.25) is 9.59 Å². The number of Topliss-reactive ketones (excluding diaryl/α,β-unsaturated/α-hetero) is 1. The van der Waals surface area contributed by atoms with Crippen LogP contribution in [0.5, 0.6) is 5.75 Å². The van der Waals surface area contributed by atoms with Crippen molar-refractivity contribution < 1.29 is 19.4 Å². The fraction of sp³-hybridized carbons (Fsp3) is 0.438. The minimum Gasteiger partial charge on any atom is -0.485 e. The monoisotopic (exact) mass is 300 g/mol. The third-order valence-electron chi connectivity index (χ3n) is 4.19. The van der Waals surface area contributed by atoms with Crippen molar-refractivity contribution in [2.75, 3.05) is 6.54 Å². The largest absolute Gasteiger partial charge is 0.485 e. The van der Waals surface area contributed by atoms with E-state index in [1.807, 2.05) is 6.07 Å². The molecule has 0 spiro atoms. The Morgan fingerprint density at radius 3 is 2.73 bits per heavy atom. The number of fused-ring (bicyclic) bond motifs is 1. The number of hydrogen-bond donors (Lipinski definition) is 1. The number of aliphatic hydroxyl groups is 1. The van der Waals surface area contributed by atoms with Crippen LogP contribution in [0.15, 0.2) is 18.2 Å². The Morgan fingerprint density at radius 1 is 1.41 bits per heavy atom. The van der Waals surface area contributed by atoms with Gasteiger partial charge in [0.2, 0.25) is 5.91 Å². The van der Waals surface area contributed by atoms with Crippen LogP contribution in [-0.4, -0.2) is 39.9 Å². The summed E-state index contributed by atoms with van der Waals surface area (Å²) in [6.07, 6.45) is -1.14. The second-order valence-corrected chi connectivity index (χ2v) is 6.20. The average Bonchev–Trinajstić information content (AvgIpc) is 2.78. The molecule has 2 atom stereocenters. The maximum absolute atomic E-state index is 12.1. The van der Waals surface area contributed by atoms with E-state index in [1.54, 1.807) is 32.0 Å². The van der Waals surface area contributed by atoms with Crippen LogP contribution in [0.3, 0.4) is 0 Å². The molecule has 1 N–H and O–H groups in total. The highest BCUT2D eigenvalue weighted by atomic mass is 16.5. The predicted molar refractivity (Wildman–Crippen MR) is 75.9 cm³/mol. The number of aliphatic hydroxyl groups excluding tert-OH is 1. The molecule has 0 saturated carbocycles. The number of ketones is 1. The molecule has 2 aliphatic rings. The highest BCUT2D eigenvalue weighted by molar-refractivity contribution is 6.05. The van der Waals surface area contributed by atoms with Gasteiger partial charge in [-0.1, -0.05) is 0 Å². The number of amides is 1. The molecule has 6 nitrogen and oxygen atoms in total. The van der Waals surface area contributed by atoms with Crippen LogP contribution in [0, 0.1) is 11.3 Å². The molecule has 0 aliphatic carbocycles. The van der Waals surface area contributed by atoms with Gasteiger partial charge in [0.05, 0.1) is 30.6 Å². The number of likely N-dealkylation sites (tertiary alicyclic amines) is 1. The molecule has 0 radical (unpaired) electrons. The first-order chi connectivity index (χ1) is 10.3. The number of nitriles is 1. The summed E-state index contributed by atoms with van der Waals surface area (Å²) in [5.74, 6) is 0.0472. The van der Waals surface area contributed by atoms with Crippen molar-refractivity contribution in [2.45, 2.75) is 38.0 Å². The Morgan fingerprint density at radius 2 is 2.14 bits per heavy atom. The fourth-order valence-corrected chi connectivity index (χ4v) is 3.03. The normalized spacial score (nSPS) is 26.4. The first kappa shape index (κ1) is 14.5. The molecule has 114 valence electrons. The van der Waals surface area contributed by atoms with Crippen molar-refractivity contribution in [3.63, 3.8) is 0 Å². The van der Waals surface area contributed by atoms with E-state index in [0.29, 0.717) is 16.9 Å². The van der Waals surface area contributed by atoms with Crippen LogP contribution in [0.2, 0.25) is 0 Å². The van der Waals surface area contributed by atoms with E-state index < -0.39 is 17.7 Å². The molecule has 1 saturated heterocycles. The van der Waals surface area contributed by atoms with E-state index in [-0.39, 0.29) is 24.7 Å². The van der Waals surface area contributed by atoms with E-state index >= 15 is 0 Å². The summed E-state index contributed by atoms with van der Waals surface area (Å²) in [5.41, 5.74) is 0.0729. The van der Waals surface area contributed by atoms with E-state index in [9.17, 15) is 14.7 Å². The van der Waals surface area contributed by atoms with Crippen molar-refractivity contribution in [2.24, 2.45) is 0 Å². The molecule has 1 aromatic carbocycles. The SMILES string of the molecule is CC1(C)Oc2ccc(C#N)cc2[C@@H](N2CC(=O)CC2=O)[C@@H]1O. The Bertz CT molecular complexity index is 705. The maximum atomic E-state index is 12.1. The minimum atomic E-state index is -0.996. The molecule has 2 heterocycles. The molecular weight excluding hydrogens is 284 g/mol. The van der Waals surface area contributed by atoms with Crippen LogP contribution in [-0.2, 0) is 9.59 Å². The highest BCUT2D eigenvalue weighted by Gasteiger charge is 2.48. The van der Waals surface area contributed by atoms with E-state index in [2.05, 4.69) is 0 Å². The van der Waals surface area contributed by atoms with E-state index in [1.165, 1.54) is 4.90 Å². The standard InChI is InChI=1S/C16H16N2O4/c1-16(2)15(21)14(18-8-10(19)6-13(18)20)11-5-9(7-17)3-4-12(11)22-16/h3-5,14-15,21H,6,8H2,1-2H3/t14-,15+/m1/s1. The lowest BCUT2D eigenvalue weighted by Crippen LogP contribution is -2.54. The number of carbonyl (C=O) groups is 2. The zero-order valence-electron chi connectivity index (χ0n) is 12.4. The lowest BCUT2D eigenvalue weighted by atomic mass is 9.85. The van der Waals surface area contributed by atoms with Crippen molar-refractivity contribution >= 4 is 11.7 Å². The topological polar surface area (TPSA) is 90.6 Å². The highest BCUT2D eigenvalue weighted by Crippen LogP contribution is 2.44. The smallest absolute Gasteiger partial charge is 0.231 e. The van der Waals surface area contributed by atoms with Crippen LogP contribution in [0.1, 0.15) is 37.4 Å². The summed E-state index contributed by atoms with van der Waals surface area (Å²) < 4.78 is 5.80. The number of rotatable bonds is 1. The first-order valence-corrected chi connectivity index (χ1v) is 7.06. The molecule has 1 aromatic rings. The molecule has 1 amide bonds. The van der Waals surface area contributed by atoms with Gasteiger partial charge in [-0.2, -0.15) is 5.26 Å².